The van der Waals surface area contributed by atoms with Crippen molar-refractivity contribution in [2.75, 3.05) is 0 Å². The zero-order valence-corrected chi connectivity index (χ0v) is 25.4. The van der Waals surface area contributed by atoms with E-state index in [2.05, 4.69) is 152 Å². The molecular formula is C45H27NO. The Morgan fingerprint density at radius 1 is 0.362 bits per heavy atom. The van der Waals surface area contributed by atoms with Crippen molar-refractivity contribution in [3.05, 3.63) is 164 Å². The molecule has 2 aromatic heterocycles. The van der Waals surface area contributed by atoms with Crippen LogP contribution in [0, 0.1) is 0 Å². The van der Waals surface area contributed by atoms with Gasteiger partial charge in [-0.2, -0.15) is 0 Å². The van der Waals surface area contributed by atoms with Crippen LogP contribution in [0.5, 0.6) is 0 Å². The predicted molar refractivity (Wildman–Crippen MR) is 198 cm³/mol. The van der Waals surface area contributed by atoms with E-state index in [4.69, 9.17) is 9.40 Å². The van der Waals surface area contributed by atoms with Crippen molar-refractivity contribution in [1.82, 2.24) is 4.98 Å². The molecule has 0 aliphatic rings. The van der Waals surface area contributed by atoms with Crippen LogP contribution in [0.15, 0.2) is 168 Å². The largest absolute Gasteiger partial charge is 0.455 e. The molecule has 0 aliphatic heterocycles. The number of furan rings is 1. The lowest BCUT2D eigenvalue weighted by Crippen LogP contribution is -1.91. The number of rotatable bonds is 3. The third-order valence-corrected chi connectivity index (χ3v) is 9.60. The lowest BCUT2D eigenvalue weighted by molar-refractivity contribution is 0.672. The monoisotopic (exact) mass is 597 g/mol. The molecule has 0 radical (unpaired) electrons. The van der Waals surface area contributed by atoms with E-state index in [1.165, 1.54) is 38.2 Å². The van der Waals surface area contributed by atoms with Gasteiger partial charge >= 0.3 is 0 Å². The van der Waals surface area contributed by atoms with E-state index in [1.807, 2.05) is 12.1 Å². The van der Waals surface area contributed by atoms with Gasteiger partial charge in [0.2, 0.25) is 0 Å². The molecule has 2 heteroatoms. The molecule has 0 unspecified atom stereocenters. The molecule has 0 aliphatic carbocycles. The summed E-state index contributed by atoms with van der Waals surface area (Å²) in [7, 11) is 0. The van der Waals surface area contributed by atoms with Crippen LogP contribution >= 0.6 is 0 Å². The second-order valence-electron chi connectivity index (χ2n) is 12.4. The fraction of sp³-hybridized carbons (Fsp3) is 0. The van der Waals surface area contributed by atoms with Gasteiger partial charge < -0.3 is 4.42 Å². The summed E-state index contributed by atoms with van der Waals surface area (Å²) in [5.41, 5.74) is 9.55. The maximum Gasteiger partial charge on any atom is 0.145 e. The smallest absolute Gasteiger partial charge is 0.145 e. The van der Waals surface area contributed by atoms with Crippen LogP contribution in [0.25, 0.3) is 98.7 Å². The van der Waals surface area contributed by atoms with Crippen molar-refractivity contribution in [1.29, 1.82) is 0 Å². The number of aromatic nitrogens is 1. The van der Waals surface area contributed by atoms with Gasteiger partial charge in [0.05, 0.1) is 16.6 Å². The van der Waals surface area contributed by atoms with Gasteiger partial charge in [0.1, 0.15) is 11.2 Å². The van der Waals surface area contributed by atoms with Crippen molar-refractivity contribution in [3.63, 3.8) is 0 Å². The SMILES string of the molecule is c1cc(-c2ccc3cc(-c4ccc5ccccc5c4)ccc3c2)cc(-c2nc3ccccc3c3ccc4c5ccccc5oc4c23)c1. The molecule has 2 nitrogen and oxygen atoms in total. The highest BCUT2D eigenvalue weighted by atomic mass is 16.3. The molecule has 8 aromatic carbocycles. The van der Waals surface area contributed by atoms with E-state index >= 15 is 0 Å². The fourth-order valence-corrected chi connectivity index (χ4v) is 7.25. The summed E-state index contributed by atoms with van der Waals surface area (Å²) >= 11 is 0. The van der Waals surface area contributed by atoms with Gasteiger partial charge in [-0.25, -0.2) is 4.98 Å². The molecule has 0 saturated carbocycles. The van der Waals surface area contributed by atoms with E-state index in [1.54, 1.807) is 0 Å². The normalized spacial score (nSPS) is 11.8. The summed E-state index contributed by atoms with van der Waals surface area (Å²) in [6, 6.07) is 58.6. The summed E-state index contributed by atoms with van der Waals surface area (Å²) in [4.78, 5) is 5.28. The molecule has 0 saturated heterocycles. The summed E-state index contributed by atoms with van der Waals surface area (Å²) in [5, 5.41) is 10.5. The van der Waals surface area contributed by atoms with Gasteiger partial charge in [0.25, 0.3) is 0 Å². The van der Waals surface area contributed by atoms with Gasteiger partial charge in [0, 0.05) is 21.7 Å². The maximum atomic E-state index is 6.56. The first-order valence-electron chi connectivity index (χ1n) is 16.0. The quantitative estimate of drug-likeness (QED) is 0.189. The Balaban J connectivity index is 1.11. The molecule has 0 amide bonds. The van der Waals surface area contributed by atoms with Gasteiger partial charge in [-0.1, -0.05) is 121 Å². The molecule has 2 heterocycles. The van der Waals surface area contributed by atoms with Crippen LogP contribution in [0.4, 0.5) is 0 Å². The van der Waals surface area contributed by atoms with Gasteiger partial charge in [-0.15, -0.1) is 0 Å². The second-order valence-corrected chi connectivity index (χ2v) is 12.4. The molecular weight excluding hydrogens is 571 g/mol. The lowest BCUT2D eigenvalue weighted by Gasteiger charge is -2.12. The number of hydrogen-bond acceptors (Lipinski definition) is 2. The summed E-state index contributed by atoms with van der Waals surface area (Å²) < 4.78 is 6.56. The first kappa shape index (κ1) is 26.0. The van der Waals surface area contributed by atoms with E-state index in [9.17, 15) is 0 Å². The second kappa shape index (κ2) is 10.1. The molecule has 47 heavy (non-hydrogen) atoms. The van der Waals surface area contributed by atoms with Crippen molar-refractivity contribution >= 4 is 65.2 Å². The molecule has 0 bridgehead atoms. The number of benzene rings is 8. The Kier molecular flexibility index (Phi) is 5.61. The highest BCUT2D eigenvalue weighted by Gasteiger charge is 2.18. The minimum absolute atomic E-state index is 0.885. The zero-order valence-electron chi connectivity index (χ0n) is 25.4. The molecule has 0 fully saturated rings. The van der Waals surface area contributed by atoms with Crippen LogP contribution in [0.2, 0.25) is 0 Å². The molecule has 218 valence electrons. The Bertz CT molecular complexity index is 2860. The predicted octanol–water partition coefficient (Wildman–Crippen LogP) is 12.6. The number of para-hydroxylation sites is 2. The van der Waals surface area contributed by atoms with Crippen molar-refractivity contribution in [2.24, 2.45) is 0 Å². The molecule has 10 rings (SSSR count). The average molecular weight is 598 g/mol. The highest BCUT2D eigenvalue weighted by molar-refractivity contribution is 6.23. The van der Waals surface area contributed by atoms with E-state index < -0.39 is 0 Å². The first-order valence-corrected chi connectivity index (χ1v) is 16.0. The third kappa shape index (κ3) is 4.16. The molecule has 0 atom stereocenters. The van der Waals surface area contributed by atoms with E-state index in [0.29, 0.717) is 0 Å². The third-order valence-electron chi connectivity index (χ3n) is 9.60. The summed E-state index contributed by atoms with van der Waals surface area (Å²) in [6.45, 7) is 0. The van der Waals surface area contributed by atoms with E-state index in [0.717, 1.165) is 60.4 Å². The molecule has 10 aromatic rings. The van der Waals surface area contributed by atoms with Crippen LogP contribution in [-0.4, -0.2) is 4.98 Å². The Labute approximate surface area is 271 Å². The Hall–Kier alpha value is -6.25. The number of fused-ring (bicyclic) bond motifs is 9. The fourth-order valence-electron chi connectivity index (χ4n) is 7.25. The van der Waals surface area contributed by atoms with Gasteiger partial charge in [-0.05, 0) is 91.6 Å². The van der Waals surface area contributed by atoms with Crippen LogP contribution in [0.3, 0.4) is 0 Å². The zero-order chi connectivity index (χ0) is 30.9. The lowest BCUT2D eigenvalue weighted by atomic mass is 9.94. The first-order chi connectivity index (χ1) is 23.3. The van der Waals surface area contributed by atoms with Crippen LogP contribution < -0.4 is 0 Å². The minimum Gasteiger partial charge on any atom is -0.455 e. The van der Waals surface area contributed by atoms with Gasteiger partial charge in [-0.3, -0.25) is 0 Å². The topological polar surface area (TPSA) is 26.0 Å². The number of pyridine rings is 1. The summed E-state index contributed by atoms with van der Waals surface area (Å²) in [5.74, 6) is 0. The molecule has 0 N–H and O–H groups in total. The van der Waals surface area contributed by atoms with Crippen molar-refractivity contribution in [2.45, 2.75) is 0 Å². The van der Waals surface area contributed by atoms with Gasteiger partial charge in [0.15, 0.2) is 0 Å². The van der Waals surface area contributed by atoms with Crippen molar-refractivity contribution < 1.29 is 4.42 Å². The number of hydrogen-bond donors (Lipinski definition) is 0. The average Bonchev–Trinajstić information content (AvgIpc) is 3.53. The van der Waals surface area contributed by atoms with Crippen LogP contribution in [0.1, 0.15) is 0 Å². The minimum atomic E-state index is 0.885. The molecule has 0 spiro atoms. The Morgan fingerprint density at radius 3 is 1.72 bits per heavy atom. The summed E-state index contributed by atoms with van der Waals surface area (Å²) in [6.07, 6.45) is 0. The standard InChI is InChI=1S/C45H27NO/c1-2-9-29-24-32(17-16-28(29)8-1)34-21-20-33-25-31(18-19-35(33)26-34)30-10-7-11-36(27-30)44-43-39(37-12-3-5-14-41(37)46-44)22-23-40-38-13-4-6-15-42(38)47-45(40)43/h1-27H. The maximum absolute atomic E-state index is 6.56. The number of nitrogens with zero attached hydrogens (tertiary/aromatic N) is 1. The van der Waals surface area contributed by atoms with Crippen molar-refractivity contribution in [3.8, 4) is 33.5 Å². The highest BCUT2D eigenvalue weighted by Crippen LogP contribution is 2.41. The van der Waals surface area contributed by atoms with E-state index in [-0.39, 0.29) is 0 Å². The van der Waals surface area contributed by atoms with Crippen LogP contribution in [-0.2, 0) is 0 Å². The Morgan fingerprint density at radius 2 is 0.936 bits per heavy atom.